The molecule has 0 radical (unpaired) electrons. The highest BCUT2D eigenvalue weighted by Crippen LogP contribution is 2.25. The van der Waals surface area contributed by atoms with Gasteiger partial charge in [0.1, 0.15) is 0 Å². The van der Waals surface area contributed by atoms with E-state index in [1.165, 1.54) is 0 Å². The summed E-state index contributed by atoms with van der Waals surface area (Å²) in [4.78, 5) is 0. The molecule has 2 nitrogen and oxygen atoms in total. The summed E-state index contributed by atoms with van der Waals surface area (Å²) in [5, 5.41) is 0. The first-order valence-electron chi connectivity index (χ1n) is 2.92. The number of anilines is 2. The van der Waals surface area contributed by atoms with Crippen molar-refractivity contribution in [3.63, 3.8) is 0 Å². The molecule has 1 rings (SSSR count). The molecule has 0 aliphatic heterocycles. The number of aryl methyl sites for hydroxylation is 1. The van der Waals surface area contributed by atoms with Crippen molar-refractivity contribution in [1.29, 1.82) is 0 Å². The van der Waals surface area contributed by atoms with Crippen molar-refractivity contribution in [3.05, 3.63) is 22.2 Å². The average molecular weight is 201 g/mol. The molecule has 10 heavy (non-hydrogen) atoms. The van der Waals surface area contributed by atoms with Gasteiger partial charge in [0.15, 0.2) is 0 Å². The molecule has 4 N–H and O–H groups in total. The standard InChI is InChI=1S/C7H9BrN2/c1-4-2-5(9)3-6(8)7(4)10/h2-3H,9-10H2,1H3. The summed E-state index contributed by atoms with van der Waals surface area (Å²) in [5.41, 5.74) is 13.7. The van der Waals surface area contributed by atoms with Gasteiger partial charge >= 0.3 is 0 Å². The second-order valence-corrected chi connectivity index (χ2v) is 3.09. The minimum absolute atomic E-state index is 0.735. The maximum atomic E-state index is 5.65. The van der Waals surface area contributed by atoms with E-state index >= 15 is 0 Å². The van der Waals surface area contributed by atoms with Crippen LogP contribution in [0.25, 0.3) is 0 Å². The fourth-order valence-corrected chi connectivity index (χ4v) is 1.36. The van der Waals surface area contributed by atoms with E-state index in [2.05, 4.69) is 15.9 Å². The highest BCUT2D eigenvalue weighted by molar-refractivity contribution is 9.10. The Morgan fingerprint density at radius 1 is 1.30 bits per heavy atom. The molecule has 0 aromatic heterocycles. The molecule has 0 saturated heterocycles. The van der Waals surface area contributed by atoms with E-state index in [0.717, 1.165) is 21.4 Å². The van der Waals surface area contributed by atoms with Crippen molar-refractivity contribution in [3.8, 4) is 0 Å². The molecule has 0 atom stereocenters. The van der Waals surface area contributed by atoms with Crippen LogP contribution in [0.5, 0.6) is 0 Å². The highest BCUT2D eigenvalue weighted by Gasteiger charge is 1.98. The zero-order valence-electron chi connectivity index (χ0n) is 5.69. The summed E-state index contributed by atoms with van der Waals surface area (Å²) in [6.07, 6.45) is 0. The summed E-state index contributed by atoms with van der Waals surface area (Å²) in [5.74, 6) is 0. The summed E-state index contributed by atoms with van der Waals surface area (Å²) in [7, 11) is 0. The number of halogens is 1. The van der Waals surface area contributed by atoms with E-state index in [1.807, 2.05) is 13.0 Å². The maximum Gasteiger partial charge on any atom is 0.0489 e. The number of hydrogen-bond donors (Lipinski definition) is 2. The van der Waals surface area contributed by atoms with Crippen LogP contribution in [0, 0.1) is 6.92 Å². The summed E-state index contributed by atoms with van der Waals surface area (Å²) in [6, 6.07) is 3.64. The molecule has 3 heteroatoms. The van der Waals surface area contributed by atoms with E-state index in [4.69, 9.17) is 11.5 Å². The molecule has 0 spiro atoms. The molecular formula is C7H9BrN2. The van der Waals surface area contributed by atoms with Crippen molar-refractivity contribution in [2.45, 2.75) is 6.92 Å². The summed E-state index contributed by atoms with van der Waals surface area (Å²) < 4.78 is 0.866. The monoisotopic (exact) mass is 200 g/mol. The molecule has 0 unspecified atom stereocenters. The van der Waals surface area contributed by atoms with Gasteiger partial charge in [-0.1, -0.05) is 0 Å². The van der Waals surface area contributed by atoms with Gasteiger partial charge in [-0.3, -0.25) is 0 Å². The van der Waals surface area contributed by atoms with Crippen LogP contribution in [0.2, 0.25) is 0 Å². The Bertz CT molecular complexity index is 235. The van der Waals surface area contributed by atoms with Crippen LogP contribution >= 0.6 is 15.9 Å². The molecule has 0 aliphatic rings. The predicted octanol–water partition coefficient (Wildman–Crippen LogP) is 1.92. The fraction of sp³-hybridized carbons (Fsp3) is 0.143. The van der Waals surface area contributed by atoms with Crippen LogP contribution in [0.3, 0.4) is 0 Å². The first kappa shape index (κ1) is 7.41. The van der Waals surface area contributed by atoms with Gasteiger partial charge in [0.25, 0.3) is 0 Å². The molecule has 0 fully saturated rings. The Morgan fingerprint density at radius 3 is 2.40 bits per heavy atom. The first-order chi connectivity index (χ1) is 4.61. The fourth-order valence-electron chi connectivity index (χ4n) is 0.782. The second-order valence-electron chi connectivity index (χ2n) is 2.23. The topological polar surface area (TPSA) is 52.0 Å². The molecule has 0 saturated carbocycles. The van der Waals surface area contributed by atoms with Crippen molar-refractivity contribution < 1.29 is 0 Å². The first-order valence-corrected chi connectivity index (χ1v) is 3.71. The van der Waals surface area contributed by atoms with Crippen LogP contribution in [0.15, 0.2) is 16.6 Å². The predicted molar refractivity (Wildman–Crippen MR) is 47.7 cm³/mol. The van der Waals surface area contributed by atoms with Crippen molar-refractivity contribution in [2.75, 3.05) is 11.5 Å². The molecular weight excluding hydrogens is 192 g/mol. The lowest BCUT2D eigenvalue weighted by molar-refractivity contribution is 1.45. The minimum Gasteiger partial charge on any atom is -0.399 e. The molecule has 0 bridgehead atoms. The van der Waals surface area contributed by atoms with Crippen molar-refractivity contribution >= 4 is 27.3 Å². The number of benzene rings is 1. The third-order valence-corrected chi connectivity index (χ3v) is 2.01. The van der Waals surface area contributed by atoms with Gasteiger partial charge in [0.05, 0.1) is 0 Å². The summed E-state index contributed by atoms with van der Waals surface area (Å²) >= 11 is 3.29. The lowest BCUT2D eigenvalue weighted by Gasteiger charge is -2.03. The van der Waals surface area contributed by atoms with E-state index < -0.39 is 0 Å². The molecule has 0 aliphatic carbocycles. The van der Waals surface area contributed by atoms with Gasteiger partial charge in [0.2, 0.25) is 0 Å². The van der Waals surface area contributed by atoms with Crippen LogP contribution in [0.1, 0.15) is 5.56 Å². The summed E-state index contributed by atoms with van der Waals surface area (Å²) in [6.45, 7) is 1.93. The van der Waals surface area contributed by atoms with Crippen LogP contribution in [0.4, 0.5) is 11.4 Å². The van der Waals surface area contributed by atoms with E-state index in [9.17, 15) is 0 Å². The molecule has 1 aromatic rings. The number of hydrogen-bond acceptors (Lipinski definition) is 2. The Morgan fingerprint density at radius 2 is 1.90 bits per heavy atom. The SMILES string of the molecule is Cc1cc(N)cc(Br)c1N. The van der Waals surface area contributed by atoms with Crippen LogP contribution < -0.4 is 11.5 Å². The van der Waals surface area contributed by atoms with Gasteiger partial charge < -0.3 is 11.5 Å². The quantitative estimate of drug-likeness (QED) is 0.630. The average Bonchev–Trinajstić information content (AvgIpc) is 1.82. The van der Waals surface area contributed by atoms with Gasteiger partial charge in [-0.2, -0.15) is 0 Å². The normalized spacial score (nSPS) is 9.80. The smallest absolute Gasteiger partial charge is 0.0489 e. The number of nitrogens with two attached hydrogens (primary N) is 2. The third kappa shape index (κ3) is 1.24. The largest absolute Gasteiger partial charge is 0.399 e. The van der Waals surface area contributed by atoms with Crippen LogP contribution in [-0.2, 0) is 0 Å². The van der Waals surface area contributed by atoms with Gasteiger partial charge in [0, 0.05) is 15.8 Å². The Kier molecular flexibility index (Phi) is 1.85. The Hall–Kier alpha value is -0.700. The van der Waals surface area contributed by atoms with E-state index in [-0.39, 0.29) is 0 Å². The zero-order valence-corrected chi connectivity index (χ0v) is 7.27. The highest BCUT2D eigenvalue weighted by atomic mass is 79.9. The van der Waals surface area contributed by atoms with E-state index in [0.29, 0.717) is 0 Å². The Balaban J connectivity index is 3.31. The second kappa shape index (κ2) is 2.50. The molecule has 54 valence electrons. The maximum absolute atomic E-state index is 5.65. The Labute approximate surface area is 68.3 Å². The number of rotatable bonds is 0. The van der Waals surface area contributed by atoms with Crippen LogP contribution in [-0.4, -0.2) is 0 Å². The molecule has 1 aromatic carbocycles. The lowest BCUT2D eigenvalue weighted by Crippen LogP contribution is -1.93. The van der Waals surface area contributed by atoms with Gasteiger partial charge in [-0.25, -0.2) is 0 Å². The minimum atomic E-state index is 0.735. The lowest BCUT2D eigenvalue weighted by atomic mass is 10.2. The van der Waals surface area contributed by atoms with Crippen molar-refractivity contribution in [1.82, 2.24) is 0 Å². The van der Waals surface area contributed by atoms with Gasteiger partial charge in [-0.15, -0.1) is 0 Å². The zero-order chi connectivity index (χ0) is 7.72. The molecule has 0 heterocycles. The molecule has 0 amide bonds. The van der Waals surface area contributed by atoms with Crippen molar-refractivity contribution in [2.24, 2.45) is 0 Å². The third-order valence-electron chi connectivity index (χ3n) is 1.36. The van der Waals surface area contributed by atoms with Gasteiger partial charge in [-0.05, 0) is 40.5 Å². The number of nitrogen functional groups attached to an aromatic ring is 2. The van der Waals surface area contributed by atoms with E-state index in [1.54, 1.807) is 6.07 Å².